The number of halogens is 1. The maximum absolute atomic E-state index is 13.4. The molecule has 16 nitrogen and oxygen atoms in total. The van der Waals surface area contributed by atoms with Gasteiger partial charge in [-0.05, 0) is 67.8 Å². The summed E-state index contributed by atoms with van der Waals surface area (Å²) >= 11 is 0. The largest absolute Gasteiger partial charge is 0.501 e. The van der Waals surface area contributed by atoms with Gasteiger partial charge in [-0.1, -0.05) is 78.9 Å². The van der Waals surface area contributed by atoms with E-state index < -0.39 is 46.2 Å². The monoisotopic (exact) mass is 869 g/mol. The molecule has 330 valence electrons. The van der Waals surface area contributed by atoms with Gasteiger partial charge in [-0.25, -0.2) is 9.37 Å². The number of H-pyrrole nitrogens is 1. The van der Waals surface area contributed by atoms with E-state index >= 15 is 0 Å². The van der Waals surface area contributed by atoms with E-state index in [1.54, 1.807) is 25.8 Å². The molecule has 7 aromatic rings. The first-order valence-electron chi connectivity index (χ1n) is 20.2. The number of benzene rings is 4. The number of para-hydroxylation sites is 2. The summed E-state index contributed by atoms with van der Waals surface area (Å²) in [6.07, 6.45) is 0.638. The molecule has 4 amide bonds. The third kappa shape index (κ3) is 10.9. The molecule has 17 heteroatoms. The highest BCUT2D eigenvalue weighted by Crippen LogP contribution is 2.23. The summed E-state index contributed by atoms with van der Waals surface area (Å²) in [6, 6.07) is 31.9. The van der Waals surface area contributed by atoms with Gasteiger partial charge in [0.2, 0.25) is 23.5 Å². The van der Waals surface area contributed by atoms with Crippen LogP contribution >= 0.6 is 0 Å². The fourth-order valence-corrected chi connectivity index (χ4v) is 6.99. The Labute approximate surface area is 367 Å². The summed E-state index contributed by atoms with van der Waals surface area (Å²) in [6.45, 7) is 6.61. The van der Waals surface area contributed by atoms with Gasteiger partial charge in [0.05, 0.1) is 12.0 Å². The van der Waals surface area contributed by atoms with Crippen LogP contribution in [0.15, 0.2) is 118 Å². The van der Waals surface area contributed by atoms with Gasteiger partial charge >= 0.3 is 11.8 Å². The minimum absolute atomic E-state index is 0.00294. The number of nitrogens with zero attached hydrogens (tertiary/aromatic N) is 5. The van der Waals surface area contributed by atoms with Crippen molar-refractivity contribution < 1.29 is 33.1 Å². The predicted octanol–water partition coefficient (Wildman–Crippen LogP) is 5.32. The van der Waals surface area contributed by atoms with Crippen molar-refractivity contribution in [3.8, 4) is 5.75 Å². The van der Waals surface area contributed by atoms with Crippen molar-refractivity contribution in [3.05, 3.63) is 171 Å². The number of aromatic amines is 1. The first-order chi connectivity index (χ1) is 30.5. The Kier molecular flexibility index (Phi) is 14.1. The molecule has 7 rings (SSSR count). The number of aryl methyl sites for hydroxylation is 2. The number of aromatic nitrogens is 5. The Bertz CT molecular complexity index is 2840. The zero-order chi connectivity index (χ0) is 46.1. The molecule has 0 aliphatic rings. The number of likely N-dealkylation sites (N-methyl/N-ethyl adjacent to an activating group) is 1. The van der Waals surface area contributed by atoms with Crippen LogP contribution < -0.4 is 26.4 Å². The molecular weight excluding hydrogens is 822 g/mol. The van der Waals surface area contributed by atoms with Gasteiger partial charge in [-0.2, -0.15) is 0 Å². The van der Waals surface area contributed by atoms with E-state index in [0.29, 0.717) is 12.0 Å². The predicted molar refractivity (Wildman–Crippen MR) is 237 cm³/mol. The minimum atomic E-state index is -1.27. The molecule has 0 aliphatic heterocycles. The maximum atomic E-state index is 13.4. The number of carbonyl (C=O) groups is 4. The first-order valence-corrected chi connectivity index (χ1v) is 20.2. The smallest absolute Gasteiger partial charge is 0.309 e. The van der Waals surface area contributed by atoms with E-state index in [4.69, 9.17) is 4.42 Å². The molecule has 0 saturated heterocycles. The average molecular weight is 870 g/mol. The molecule has 0 fully saturated rings. The Morgan fingerprint density at radius 1 is 0.875 bits per heavy atom. The molecule has 0 spiro atoms. The fraction of sp³-hybridized carbons (Fsp3) is 0.234. The van der Waals surface area contributed by atoms with Gasteiger partial charge in [0, 0.05) is 56.3 Å². The highest BCUT2D eigenvalue weighted by Gasteiger charge is 2.33. The lowest BCUT2D eigenvalue weighted by molar-refractivity contribution is -0.127. The summed E-state index contributed by atoms with van der Waals surface area (Å²) in [4.78, 5) is 73.1. The maximum Gasteiger partial charge on any atom is 0.309 e. The van der Waals surface area contributed by atoms with Crippen molar-refractivity contribution in [3.63, 3.8) is 0 Å². The fourth-order valence-electron chi connectivity index (χ4n) is 6.99. The van der Waals surface area contributed by atoms with Crippen LogP contribution in [0.25, 0.3) is 10.9 Å². The zero-order valence-corrected chi connectivity index (χ0v) is 36.1. The van der Waals surface area contributed by atoms with Crippen LogP contribution in [0.2, 0.25) is 0 Å². The molecule has 1 atom stereocenters. The summed E-state index contributed by atoms with van der Waals surface area (Å²) in [5.41, 5.74) is 2.66. The van der Waals surface area contributed by atoms with Gasteiger partial charge in [-0.3, -0.25) is 28.5 Å². The molecule has 0 aliphatic carbocycles. The van der Waals surface area contributed by atoms with Gasteiger partial charge in [0.1, 0.15) is 17.7 Å². The van der Waals surface area contributed by atoms with E-state index in [2.05, 4.69) is 36.1 Å². The van der Waals surface area contributed by atoms with Crippen molar-refractivity contribution in [2.24, 2.45) is 7.05 Å². The lowest BCUT2D eigenvalue weighted by Crippen LogP contribution is -2.49. The number of amides is 4. The van der Waals surface area contributed by atoms with Gasteiger partial charge < -0.3 is 35.4 Å². The molecule has 64 heavy (non-hydrogen) atoms. The van der Waals surface area contributed by atoms with Crippen LogP contribution in [-0.4, -0.2) is 66.6 Å². The second-order valence-electron chi connectivity index (χ2n) is 15.5. The molecule has 3 heterocycles. The van der Waals surface area contributed by atoms with Crippen LogP contribution in [0.5, 0.6) is 5.75 Å². The van der Waals surface area contributed by atoms with E-state index in [9.17, 15) is 33.5 Å². The topological polar surface area (TPSA) is 217 Å². The summed E-state index contributed by atoms with van der Waals surface area (Å²) < 4.78 is 19.1. The Morgan fingerprint density at radius 3 is 2.17 bits per heavy atom. The van der Waals surface area contributed by atoms with Gasteiger partial charge in [0.15, 0.2) is 5.69 Å². The van der Waals surface area contributed by atoms with Crippen LogP contribution in [-0.2, 0) is 41.6 Å². The summed E-state index contributed by atoms with van der Waals surface area (Å²) in [5, 5.41) is 26.6. The number of rotatable bonds is 13. The van der Waals surface area contributed by atoms with Crippen molar-refractivity contribution in [1.29, 1.82) is 0 Å². The van der Waals surface area contributed by atoms with Gasteiger partial charge in [0.25, 0.3) is 11.5 Å². The molecule has 3 aromatic heterocycles. The number of carbonyl (C=O) groups excluding carboxylic acids is 4. The van der Waals surface area contributed by atoms with Crippen LogP contribution in [0, 0.1) is 19.7 Å². The van der Waals surface area contributed by atoms with E-state index in [-0.39, 0.29) is 42.4 Å². The minimum Gasteiger partial charge on any atom is -0.501 e. The second kappa shape index (κ2) is 19.8. The summed E-state index contributed by atoms with van der Waals surface area (Å²) in [7, 11) is 3.08. The lowest BCUT2D eigenvalue weighted by atomic mass is 10.0. The number of anilines is 1. The molecule has 4 aromatic carbocycles. The Hall–Kier alpha value is -7.95. The van der Waals surface area contributed by atoms with Crippen molar-refractivity contribution >= 4 is 40.2 Å². The Balaban J connectivity index is 0.000000213. The van der Waals surface area contributed by atoms with E-state index in [1.165, 1.54) is 38.2 Å². The lowest BCUT2D eigenvalue weighted by Gasteiger charge is -2.27. The third-order valence-corrected chi connectivity index (χ3v) is 10.3. The molecular formula is C47H48FN9O7. The Morgan fingerprint density at radius 2 is 1.52 bits per heavy atom. The normalized spacial score (nSPS) is 11.5. The second-order valence-corrected chi connectivity index (χ2v) is 15.5. The molecule has 0 radical (unpaired) electrons. The molecule has 0 bridgehead atoms. The van der Waals surface area contributed by atoms with Crippen molar-refractivity contribution in [2.75, 3.05) is 11.9 Å². The van der Waals surface area contributed by atoms with Crippen molar-refractivity contribution in [2.45, 2.75) is 58.7 Å². The average Bonchev–Trinajstić information content (AvgIpc) is 3.87. The van der Waals surface area contributed by atoms with Crippen molar-refractivity contribution in [1.82, 2.24) is 40.7 Å². The van der Waals surface area contributed by atoms with Crippen LogP contribution in [0.4, 0.5) is 10.1 Å². The third-order valence-electron chi connectivity index (χ3n) is 10.3. The highest BCUT2D eigenvalue weighted by atomic mass is 19.1. The number of aromatic hydroxyl groups is 1. The molecule has 5 N–H and O–H groups in total. The van der Waals surface area contributed by atoms with E-state index in [0.717, 1.165) is 38.0 Å². The zero-order valence-electron chi connectivity index (χ0n) is 36.1. The standard InChI is InChI=1S/C27H27N3O2.C20H21FN6O5/c1-19-23(22-15-9-10-16-24(22)28-19)18-26(31)29-25(17-20-11-5-3-6-12-20)27(32)30(2)21-13-7-4-8-14-21;1-10-25-26-17(32-10)16(30)24-20(2,3)19-23-13(14(28)18(31)27(19)4)15(29)22-9-11-5-7-12(21)8-6-11/h3-16,25,28H,17-18H2,1-2H3,(H,29,31);5-8,28H,9H2,1-4H3,(H,22,29)(H,24,30)/t25-;/m0./s1. The molecule has 0 unspecified atom stereocenters. The molecule has 0 saturated carbocycles. The quantitative estimate of drug-likeness (QED) is 0.101. The summed E-state index contributed by atoms with van der Waals surface area (Å²) in [5.74, 6) is -3.20. The number of nitrogens with one attached hydrogen (secondary N) is 4. The van der Waals surface area contributed by atoms with E-state index in [1.807, 2.05) is 91.9 Å². The SMILES string of the molecule is Cc1[nH]c2ccccc2c1CC(=O)N[C@@H](Cc1ccccc1)C(=O)N(C)c1ccccc1.Cc1nnc(C(=O)NC(C)(C)c2nc(C(=O)NCc3ccc(F)cc3)c(O)c(=O)n2C)o1. The number of hydrogen-bond donors (Lipinski definition) is 5. The highest BCUT2D eigenvalue weighted by molar-refractivity contribution is 6.00. The number of hydrogen-bond acceptors (Lipinski definition) is 10. The van der Waals surface area contributed by atoms with Crippen LogP contribution in [0.1, 0.15) is 69.1 Å². The number of fused-ring (bicyclic) bond motifs is 1. The first kappa shape index (κ1) is 45.6. The van der Waals surface area contributed by atoms with Crippen LogP contribution in [0.3, 0.4) is 0 Å². The van der Waals surface area contributed by atoms with Gasteiger partial charge in [-0.15, -0.1) is 10.2 Å².